The van der Waals surface area contributed by atoms with Crippen molar-refractivity contribution in [1.82, 2.24) is 5.32 Å². The SMILES string of the molecule is CC(C)c1ccc(C(N)CNC(=O)CCC(=O)c2ccccc2)cc1. The van der Waals surface area contributed by atoms with Gasteiger partial charge >= 0.3 is 0 Å². The van der Waals surface area contributed by atoms with Crippen LogP contribution in [0.25, 0.3) is 0 Å². The van der Waals surface area contributed by atoms with Crippen LogP contribution < -0.4 is 11.1 Å². The summed E-state index contributed by atoms with van der Waals surface area (Å²) in [5.41, 5.74) is 9.03. The largest absolute Gasteiger partial charge is 0.354 e. The van der Waals surface area contributed by atoms with E-state index in [9.17, 15) is 9.59 Å². The molecule has 0 spiro atoms. The first-order valence-corrected chi connectivity index (χ1v) is 8.67. The summed E-state index contributed by atoms with van der Waals surface area (Å²) in [5, 5.41) is 2.81. The molecule has 0 aliphatic carbocycles. The van der Waals surface area contributed by atoms with Crippen LogP contribution in [0.5, 0.6) is 0 Å². The molecule has 2 aromatic rings. The Balaban J connectivity index is 1.76. The second-order valence-corrected chi connectivity index (χ2v) is 6.52. The van der Waals surface area contributed by atoms with Crippen LogP contribution in [0, 0.1) is 0 Å². The Morgan fingerprint density at radius 3 is 2.12 bits per heavy atom. The molecule has 3 N–H and O–H groups in total. The summed E-state index contributed by atoms with van der Waals surface area (Å²) in [4.78, 5) is 23.9. The molecule has 0 saturated heterocycles. The summed E-state index contributed by atoms with van der Waals surface area (Å²) in [6.45, 7) is 4.65. The van der Waals surface area contributed by atoms with Crippen LogP contribution in [0.4, 0.5) is 0 Å². The minimum absolute atomic E-state index is 0.0238. The van der Waals surface area contributed by atoms with Gasteiger partial charge in [-0.3, -0.25) is 9.59 Å². The molecule has 1 atom stereocenters. The van der Waals surface area contributed by atoms with Crippen molar-refractivity contribution in [2.75, 3.05) is 6.54 Å². The zero-order chi connectivity index (χ0) is 18.2. The monoisotopic (exact) mass is 338 g/mol. The highest BCUT2D eigenvalue weighted by molar-refractivity contribution is 5.97. The van der Waals surface area contributed by atoms with Gasteiger partial charge in [-0.05, 0) is 17.0 Å². The minimum atomic E-state index is -0.255. The summed E-state index contributed by atoms with van der Waals surface area (Å²) < 4.78 is 0. The topological polar surface area (TPSA) is 72.2 Å². The Kier molecular flexibility index (Phi) is 6.90. The highest BCUT2D eigenvalue weighted by Gasteiger charge is 2.11. The van der Waals surface area contributed by atoms with Crippen LogP contribution >= 0.6 is 0 Å². The average molecular weight is 338 g/mol. The van der Waals surface area contributed by atoms with Gasteiger partial charge in [-0.2, -0.15) is 0 Å². The predicted molar refractivity (Wildman–Crippen MR) is 100 cm³/mol. The van der Waals surface area contributed by atoms with E-state index in [0.29, 0.717) is 18.0 Å². The Bertz CT molecular complexity index is 694. The third-order valence-corrected chi connectivity index (χ3v) is 4.23. The van der Waals surface area contributed by atoms with Gasteiger partial charge in [0.1, 0.15) is 0 Å². The third kappa shape index (κ3) is 5.84. The van der Waals surface area contributed by atoms with Gasteiger partial charge < -0.3 is 11.1 Å². The van der Waals surface area contributed by atoms with Crippen LogP contribution in [-0.2, 0) is 4.79 Å². The van der Waals surface area contributed by atoms with Crippen molar-refractivity contribution in [3.05, 3.63) is 71.3 Å². The maximum absolute atomic E-state index is 12.0. The molecule has 132 valence electrons. The molecule has 2 rings (SSSR count). The summed E-state index contributed by atoms with van der Waals surface area (Å²) in [7, 11) is 0. The average Bonchev–Trinajstić information content (AvgIpc) is 2.64. The zero-order valence-corrected chi connectivity index (χ0v) is 14.9. The molecular formula is C21H26N2O2. The number of carbonyl (C=O) groups is 2. The van der Waals surface area contributed by atoms with Gasteiger partial charge in [0.25, 0.3) is 0 Å². The van der Waals surface area contributed by atoms with E-state index in [1.807, 2.05) is 30.3 Å². The lowest BCUT2D eigenvalue weighted by atomic mass is 9.99. The van der Waals surface area contributed by atoms with Gasteiger partial charge in [0.05, 0.1) is 0 Å². The maximum Gasteiger partial charge on any atom is 0.220 e. The highest BCUT2D eigenvalue weighted by atomic mass is 16.2. The van der Waals surface area contributed by atoms with Crippen LogP contribution in [0.1, 0.15) is 60.1 Å². The number of rotatable bonds is 8. The van der Waals surface area contributed by atoms with Gasteiger partial charge in [0.15, 0.2) is 5.78 Å². The third-order valence-electron chi connectivity index (χ3n) is 4.23. The van der Waals surface area contributed by atoms with Crippen LogP contribution in [-0.4, -0.2) is 18.2 Å². The quantitative estimate of drug-likeness (QED) is 0.723. The molecule has 25 heavy (non-hydrogen) atoms. The lowest BCUT2D eigenvalue weighted by Gasteiger charge is -2.14. The number of amides is 1. The maximum atomic E-state index is 12.0. The number of carbonyl (C=O) groups excluding carboxylic acids is 2. The van der Waals surface area contributed by atoms with Crippen molar-refractivity contribution in [2.45, 2.75) is 38.6 Å². The van der Waals surface area contributed by atoms with E-state index in [0.717, 1.165) is 5.56 Å². The molecule has 4 nitrogen and oxygen atoms in total. The Labute approximate surface area is 149 Å². The Hall–Kier alpha value is -2.46. The van der Waals surface area contributed by atoms with Crippen LogP contribution in [0.15, 0.2) is 54.6 Å². The number of nitrogens with one attached hydrogen (secondary N) is 1. The molecule has 0 aliphatic rings. The van der Waals surface area contributed by atoms with E-state index < -0.39 is 0 Å². The van der Waals surface area contributed by atoms with Gasteiger partial charge in [-0.15, -0.1) is 0 Å². The molecule has 4 heteroatoms. The second kappa shape index (κ2) is 9.14. The lowest BCUT2D eigenvalue weighted by Crippen LogP contribution is -2.32. The number of ketones is 1. The number of benzene rings is 2. The van der Waals surface area contributed by atoms with Gasteiger partial charge in [0.2, 0.25) is 5.91 Å². The fourth-order valence-corrected chi connectivity index (χ4v) is 2.55. The second-order valence-electron chi connectivity index (χ2n) is 6.52. The normalized spacial score (nSPS) is 12.0. The molecule has 0 aromatic heterocycles. The zero-order valence-electron chi connectivity index (χ0n) is 14.9. The van der Waals surface area contributed by atoms with Crippen molar-refractivity contribution in [2.24, 2.45) is 5.73 Å². The fraction of sp³-hybridized carbons (Fsp3) is 0.333. The van der Waals surface area contributed by atoms with Crippen LogP contribution in [0.2, 0.25) is 0 Å². The molecule has 0 aliphatic heterocycles. The number of hydrogen-bond acceptors (Lipinski definition) is 3. The summed E-state index contributed by atoms with van der Waals surface area (Å²) in [6, 6.07) is 16.9. The first kappa shape index (κ1) is 18.9. The van der Waals surface area contributed by atoms with E-state index in [1.165, 1.54) is 5.56 Å². The van der Waals surface area contributed by atoms with Crippen molar-refractivity contribution in [1.29, 1.82) is 0 Å². The van der Waals surface area contributed by atoms with Crippen molar-refractivity contribution >= 4 is 11.7 Å². The van der Waals surface area contributed by atoms with E-state index in [1.54, 1.807) is 12.1 Å². The Morgan fingerprint density at radius 2 is 1.52 bits per heavy atom. The molecule has 1 amide bonds. The molecule has 2 aromatic carbocycles. The van der Waals surface area contributed by atoms with Crippen LogP contribution in [0.3, 0.4) is 0 Å². The Morgan fingerprint density at radius 1 is 0.920 bits per heavy atom. The smallest absolute Gasteiger partial charge is 0.220 e. The minimum Gasteiger partial charge on any atom is -0.354 e. The summed E-state index contributed by atoms with van der Waals surface area (Å²) in [6.07, 6.45) is 0.376. The number of nitrogens with two attached hydrogens (primary N) is 1. The first-order valence-electron chi connectivity index (χ1n) is 8.67. The molecule has 0 saturated carbocycles. The predicted octanol–water partition coefficient (Wildman–Crippen LogP) is 3.59. The first-order chi connectivity index (χ1) is 12.0. The highest BCUT2D eigenvalue weighted by Crippen LogP contribution is 2.17. The van der Waals surface area contributed by atoms with E-state index in [4.69, 9.17) is 5.73 Å². The molecular weight excluding hydrogens is 312 g/mol. The summed E-state index contributed by atoms with van der Waals surface area (Å²) >= 11 is 0. The summed E-state index contributed by atoms with van der Waals surface area (Å²) in [5.74, 6) is 0.301. The lowest BCUT2D eigenvalue weighted by molar-refractivity contribution is -0.121. The molecule has 0 heterocycles. The van der Waals surface area contributed by atoms with Crippen molar-refractivity contribution in [3.8, 4) is 0 Å². The molecule has 1 unspecified atom stereocenters. The van der Waals surface area contributed by atoms with Gasteiger partial charge in [0, 0.05) is 31.0 Å². The van der Waals surface area contributed by atoms with E-state index in [-0.39, 0.29) is 30.6 Å². The number of Topliss-reactive ketones (excluding diaryl/α,β-unsaturated/α-hetero) is 1. The van der Waals surface area contributed by atoms with E-state index in [2.05, 4.69) is 31.3 Å². The molecule has 0 bridgehead atoms. The van der Waals surface area contributed by atoms with Crippen molar-refractivity contribution in [3.63, 3.8) is 0 Å². The van der Waals surface area contributed by atoms with Gasteiger partial charge in [-0.25, -0.2) is 0 Å². The van der Waals surface area contributed by atoms with Gasteiger partial charge in [-0.1, -0.05) is 68.4 Å². The number of hydrogen-bond donors (Lipinski definition) is 2. The molecule has 0 radical (unpaired) electrons. The van der Waals surface area contributed by atoms with Crippen molar-refractivity contribution < 1.29 is 9.59 Å². The van der Waals surface area contributed by atoms with E-state index >= 15 is 0 Å². The standard InChI is InChI=1S/C21H26N2O2/c1-15(2)16-8-10-17(11-9-16)19(22)14-23-21(25)13-12-20(24)18-6-4-3-5-7-18/h3-11,15,19H,12-14,22H2,1-2H3,(H,23,25). The fourth-order valence-electron chi connectivity index (χ4n) is 2.55. The molecule has 0 fully saturated rings.